The Hall–Kier alpha value is -3.32. The molecule has 1 aliphatic heterocycles. The summed E-state index contributed by atoms with van der Waals surface area (Å²) < 4.78 is 51.8. The SMILES string of the molecule is C=NC[C@]1(COP(=O)(O)OC[C@H](CCCCCCCCCCCCCCCCCCC)OCc2cc(F)cc(C#N)c2)O[C@@H](c2ccc3c(N)ncnn23)[C@H](O)[C@@H]1O. The van der Waals surface area contributed by atoms with E-state index in [-0.39, 0.29) is 31.1 Å². The molecule has 6 atom stereocenters. The van der Waals surface area contributed by atoms with Crippen LogP contribution in [0.25, 0.3) is 5.52 Å². The van der Waals surface area contributed by atoms with Gasteiger partial charge in [0, 0.05) is 0 Å². The number of phosphoric ester groups is 1. The van der Waals surface area contributed by atoms with Crippen LogP contribution in [0.2, 0.25) is 0 Å². The second kappa shape index (κ2) is 24.7. The number of phosphoric acid groups is 1. The zero-order chi connectivity index (χ0) is 41.8. The third kappa shape index (κ3) is 14.7. The highest BCUT2D eigenvalue weighted by Crippen LogP contribution is 2.48. The fourth-order valence-electron chi connectivity index (χ4n) is 7.51. The molecule has 1 unspecified atom stereocenters. The number of benzene rings is 1. The van der Waals surface area contributed by atoms with Crippen molar-refractivity contribution in [3.8, 4) is 6.07 Å². The van der Waals surface area contributed by atoms with Crippen molar-refractivity contribution in [3.63, 3.8) is 0 Å². The predicted molar refractivity (Wildman–Crippen MR) is 221 cm³/mol. The third-order valence-electron chi connectivity index (χ3n) is 10.8. The van der Waals surface area contributed by atoms with Gasteiger partial charge in [-0.3, -0.25) is 14.0 Å². The van der Waals surface area contributed by atoms with Crippen LogP contribution >= 0.6 is 7.82 Å². The Kier molecular flexibility index (Phi) is 20.2. The van der Waals surface area contributed by atoms with Gasteiger partial charge in [-0.15, -0.1) is 0 Å². The van der Waals surface area contributed by atoms with Crippen LogP contribution in [-0.4, -0.2) is 80.1 Å². The molecule has 5 N–H and O–H groups in total. The van der Waals surface area contributed by atoms with E-state index < -0.39 is 50.3 Å². The number of halogens is 1. The molecular weight excluding hydrogens is 766 g/mol. The van der Waals surface area contributed by atoms with Crippen LogP contribution < -0.4 is 5.73 Å². The Balaban J connectivity index is 1.24. The molecule has 2 aromatic heterocycles. The van der Waals surface area contributed by atoms with Crippen molar-refractivity contribution in [2.75, 3.05) is 25.5 Å². The molecule has 4 rings (SSSR count). The second-order valence-corrected chi connectivity index (χ2v) is 17.0. The third-order valence-corrected chi connectivity index (χ3v) is 11.7. The number of hydrogen-bond acceptors (Lipinski definition) is 12. The molecule has 14 nitrogen and oxygen atoms in total. The molecule has 58 heavy (non-hydrogen) atoms. The van der Waals surface area contributed by atoms with Gasteiger partial charge in [-0.25, -0.2) is 18.5 Å². The number of hydrogen-bond donors (Lipinski definition) is 4. The average molecular weight is 831 g/mol. The van der Waals surface area contributed by atoms with Gasteiger partial charge < -0.3 is 30.3 Å². The fourth-order valence-corrected chi connectivity index (χ4v) is 8.32. The van der Waals surface area contributed by atoms with Gasteiger partial charge in [-0.05, 0) is 49.0 Å². The van der Waals surface area contributed by atoms with Crippen LogP contribution in [0.1, 0.15) is 145 Å². The maximum absolute atomic E-state index is 14.1. The van der Waals surface area contributed by atoms with E-state index in [2.05, 4.69) is 28.7 Å². The normalized spacial score (nSPS) is 20.9. The number of unbranched alkanes of at least 4 members (excludes halogenated alkanes) is 16. The lowest BCUT2D eigenvalue weighted by atomic mass is 9.95. The van der Waals surface area contributed by atoms with E-state index in [1.54, 1.807) is 12.1 Å². The number of aliphatic imine (C=N–C) groups is 1. The molecule has 322 valence electrons. The number of nitrogens with two attached hydrogens (primary N) is 1. The minimum absolute atomic E-state index is 0.0472. The number of ether oxygens (including phenoxy) is 2. The van der Waals surface area contributed by atoms with E-state index in [9.17, 15) is 29.3 Å². The maximum Gasteiger partial charge on any atom is 0.472 e. The van der Waals surface area contributed by atoms with Crippen LogP contribution in [0, 0.1) is 17.1 Å². The first kappa shape index (κ1) is 47.4. The Morgan fingerprint density at radius 1 is 1.00 bits per heavy atom. The molecule has 0 aliphatic carbocycles. The van der Waals surface area contributed by atoms with Gasteiger partial charge in [0.2, 0.25) is 0 Å². The van der Waals surface area contributed by atoms with E-state index >= 15 is 0 Å². The quantitative estimate of drug-likeness (QED) is 0.0284. The van der Waals surface area contributed by atoms with Gasteiger partial charge in [-0.1, -0.05) is 116 Å². The summed E-state index contributed by atoms with van der Waals surface area (Å²) >= 11 is 0. The van der Waals surface area contributed by atoms with Crippen molar-refractivity contribution < 1.29 is 42.6 Å². The monoisotopic (exact) mass is 830 g/mol. The Bertz CT molecular complexity index is 1780. The van der Waals surface area contributed by atoms with E-state index in [1.165, 1.54) is 106 Å². The molecule has 1 saturated heterocycles. The molecule has 0 radical (unpaired) electrons. The number of fused-ring (bicyclic) bond motifs is 1. The van der Waals surface area contributed by atoms with Crippen molar-refractivity contribution in [3.05, 3.63) is 59.3 Å². The summed E-state index contributed by atoms with van der Waals surface area (Å²) in [6.45, 7) is 4.40. The molecule has 3 heterocycles. The number of aliphatic hydroxyl groups is 2. The molecule has 1 fully saturated rings. The number of rotatable bonds is 30. The van der Waals surface area contributed by atoms with Gasteiger partial charge in [0.25, 0.3) is 0 Å². The second-order valence-electron chi connectivity index (χ2n) is 15.5. The lowest BCUT2D eigenvalue weighted by molar-refractivity contribution is -0.106. The number of aromatic nitrogens is 3. The lowest BCUT2D eigenvalue weighted by Crippen LogP contribution is -2.49. The van der Waals surface area contributed by atoms with E-state index in [1.807, 2.05) is 6.07 Å². The number of anilines is 1. The van der Waals surface area contributed by atoms with E-state index in [0.717, 1.165) is 31.7 Å². The Morgan fingerprint density at radius 2 is 1.62 bits per heavy atom. The molecule has 0 amide bonds. The Morgan fingerprint density at radius 3 is 2.22 bits per heavy atom. The molecule has 0 saturated carbocycles. The zero-order valence-corrected chi connectivity index (χ0v) is 35.0. The van der Waals surface area contributed by atoms with Crippen LogP contribution in [0.15, 0.2) is 41.7 Å². The molecule has 1 aromatic carbocycles. The highest BCUT2D eigenvalue weighted by molar-refractivity contribution is 7.47. The van der Waals surface area contributed by atoms with Crippen LogP contribution in [0.5, 0.6) is 0 Å². The van der Waals surface area contributed by atoms with Gasteiger partial charge in [0.1, 0.15) is 41.6 Å². The standard InChI is InChI=1S/C42H64FN6O8P/c1-3-4-5-6-7-8-9-10-11-12-13-14-15-16-17-18-19-20-35(54-27-33-23-32(26-44)24-34(43)25-33)28-55-58(52,53)56-30-42(29-46-2)40(51)38(50)39(57-42)36-21-22-37-41(45)47-31-48-49(36)37/h21-25,31,35,38-40,50-51H,2-20,27-30H2,1H3,(H,52,53)(H2,45,47,48)/t35-,38-,39-,40-,42+/m0/s1. The number of aliphatic hydroxyl groups excluding tert-OH is 2. The van der Waals surface area contributed by atoms with Gasteiger partial charge in [0.15, 0.2) is 5.82 Å². The first-order valence-electron chi connectivity index (χ1n) is 21.0. The fraction of sp³-hybridized carbons (Fsp3) is 0.667. The number of nitrogen functional groups attached to an aromatic ring is 1. The van der Waals surface area contributed by atoms with E-state index in [0.29, 0.717) is 23.2 Å². The minimum atomic E-state index is -4.79. The van der Waals surface area contributed by atoms with Gasteiger partial charge >= 0.3 is 7.82 Å². The van der Waals surface area contributed by atoms with Crippen molar-refractivity contribution in [1.82, 2.24) is 14.6 Å². The van der Waals surface area contributed by atoms with Crippen LogP contribution in [0.3, 0.4) is 0 Å². The number of nitrogens with zero attached hydrogens (tertiary/aromatic N) is 5. The summed E-state index contributed by atoms with van der Waals surface area (Å²) in [6.07, 6.45) is 17.9. The van der Waals surface area contributed by atoms with Gasteiger partial charge in [0.05, 0.1) is 49.8 Å². The first-order valence-corrected chi connectivity index (χ1v) is 22.5. The largest absolute Gasteiger partial charge is 0.472 e. The van der Waals surface area contributed by atoms with Crippen molar-refractivity contribution in [1.29, 1.82) is 5.26 Å². The number of nitriles is 1. The molecule has 0 bridgehead atoms. The summed E-state index contributed by atoms with van der Waals surface area (Å²) in [7, 11) is -4.79. The van der Waals surface area contributed by atoms with Gasteiger partial charge in [-0.2, -0.15) is 10.4 Å². The van der Waals surface area contributed by atoms with Crippen LogP contribution in [-0.2, 0) is 29.7 Å². The molecule has 1 aliphatic rings. The Labute approximate surface area is 342 Å². The zero-order valence-electron chi connectivity index (χ0n) is 34.1. The lowest BCUT2D eigenvalue weighted by Gasteiger charge is -2.30. The molecule has 16 heteroatoms. The van der Waals surface area contributed by atoms with E-state index in [4.69, 9.17) is 24.3 Å². The highest BCUT2D eigenvalue weighted by atomic mass is 31.2. The minimum Gasteiger partial charge on any atom is -0.387 e. The summed E-state index contributed by atoms with van der Waals surface area (Å²) in [5.74, 6) is -0.369. The highest BCUT2D eigenvalue weighted by Gasteiger charge is 2.56. The summed E-state index contributed by atoms with van der Waals surface area (Å²) in [5, 5.41) is 35.7. The first-order chi connectivity index (χ1) is 28.0. The van der Waals surface area contributed by atoms with Crippen molar-refractivity contribution in [2.45, 2.75) is 159 Å². The maximum atomic E-state index is 14.1. The van der Waals surface area contributed by atoms with Crippen molar-refractivity contribution >= 4 is 25.9 Å². The smallest absolute Gasteiger partial charge is 0.387 e. The average Bonchev–Trinajstić information content (AvgIpc) is 3.74. The summed E-state index contributed by atoms with van der Waals surface area (Å²) in [4.78, 5) is 18.6. The summed E-state index contributed by atoms with van der Waals surface area (Å²) in [5.41, 5.74) is 5.60. The van der Waals surface area contributed by atoms with Crippen molar-refractivity contribution in [2.24, 2.45) is 4.99 Å². The molecule has 0 spiro atoms. The topological polar surface area (TPSA) is 207 Å². The molecular formula is C42H64FN6O8P. The van der Waals surface area contributed by atoms with Crippen LogP contribution in [0.4, 0.5) is 10.2 Å². The summed E-state index contributed by atoms with van der Waals surface area (Å²) in [6, 6.07) is 9.11. The predicted octanol–water partition coefficient (Wildman–Crippen LogP) is 8.32. The molecule has 3 aromatic rings.